The van der Waals surface area contributed by atoms with Crippen molar-refractivity contribution in [2.45, 2.75) is 62.3 Å². The number of hydrogen-bond donors (Lipinski definition) is 0. The van der Waals surface area contributed by atoms with Crippen molar-refractivity contribution >= 4 is 27.7 Å². The Labute approximate surface area is 179 Å². The Bertz CT molecular complexity index is 957. The zero-order valence-electron chi connectivity index (χ0n) is 16.9. The molecule has 5 aliphatic rings. The van der Waals surface area contributed by atoms with Gasteiger partial charge in [-0.3, -0.25) is 14.5 Å². The van der Waals surface area contributed by atoms with E-state index in [9.17, 15) is 9.59 Å². The molecule has 1 aliphatic heterocycles. The van der Waals surface area contributed by atoms with Gasteiger partial charge in [-0.25, -0.2) is 0 Å². The molecule has 4 atom stereocenters. The number of ketones is 1. The van der Waals surface area contributed by atoms with Gasteiger partial charge in [-0.1, -0.05) is 15.9 Å². The molecule has 1 aromatic rings. The molecule has 5 nitrogen and oxygen atoms in total. The predicted molar refractivity (Wildman–Crippen MR) is 110 cm³/mol. The van der Waals surface area contributed by atoms with Gasteiger partial charge in [0.1, 0.15) is 5.78 Å². The van der Waals surface area contributed by atoms with Gasteiger partial charge in [0.2, 0.25) is 0 Å². The summed E-state index contributed by atoms with van der Waals surface area (Å²) in [4.78, 5) is 27.4. The summed E-state index contributed by atoms with van der Waals surface area (Å²) >= 11 is 3.83. The van der Waals surface area contributed by atoms with Crippen LogP contribution in [0.25, 0.3) is 0 Å². The zero-order valence-corrected chi connectivity index (χ0v) is 18.5. The second kappa shape index (κ2) is 5.85. The molecule has 4 aliphatic carbocycles. The molecule has 1 aromatic carbocycles. The number of halogens is 1. The topological polar surface area (TPSA) is 55.8 Å². The number of Topliss-reactive ketones (excluding diaryl/α,β-unsaturated/α-hetero) is 1. The number of methoxy groups -OCH3 is 1. The van der Waals surface area contributed by atoms with Crippen LogP contribution in [-0.2, 0) is 20.4 Å². The Kier molecular flexibility index (Phi) is 3.71. The first-order chi connectivity index (χ1) is 13.9. The lowest BCUT2D eigenvalue weighted by atomic mass is 9.58. The summed E-state index contributed by atoms with van der Waals surface area (Å²) in [6, 6.07) is 2.46. The lowest BCUT2D eigenvalue weighted by molar-refractivity contribution is -0.132. The summed E-state index contributed by atoms with van der Waals surface area (Å²) in [5.74, 6) is 2.44. The highest BCUT2D eigenvalue weighted by Crippen LogP contribution is 2.75. The van der Waals surface area contributed by atoms with Crippen molar-refractivity contribution in [3.63, 3.8) is 0 Å². The SMILES string of the molecule is COc1cc(Br)c2c(c1OC(C)=O)[C@]13CC(=O)CCC1C1N(CC4CC4)CC21C3. The Balaban J connectivity index is 1.56. The molecule has 6 heteroatoms. The highest BCUT2D eigenvalue weighted by molar-refractivity contribution is 9.10. The second-order valence-corrected chi connectivity index (χ2v) is 10.8. The fraction of sp³-hybridized carbons (Fsp3) is 0.652. The van der Waals surface area contributed by atoms with E-state index in [-0.39, 0.29) is 16.8 Å². The summed E-state index contributed by atoms with van der Waals surface area (Å²) < 4.78 is 12.4. The van der Waals surface area contributed by atoms with Crippen molar-refractivity contribution in [1.82, 2.24) is 4.90 Å². The number of carbonyl (C=O) groups excluding carboxylic acids is 2. The predicted octanol–water partition coefficient (Wildman–Crippen LogP) is 3.74. The van der Waals surface area contributed by atoms with E-state index in [0.29, 0.717) is 42.1 Å². The summed E-state index contributed by atoms with van der Waals surface area (Å²) in [7, 11) is 1.61. The lowest BCUT2D eigenvalue weighted by Crippen LogP contribution is -2.68. The van der Waals surface area contributed by atoms with E-state index in [1.165, 1.54) is 31.9 Å². The van der Waals surface area contributed by atoms with E-state index >= 15 is 0 Å². The first kappa shape index (κ1) is 18.4. The van der Waals surface area contributed by atoms with Crippen LogP contribution in [-0.4, -0.2) is 42.9 Å². The number of esters is 1. The molecule has 6 rings (SSSR count). The molecule has 0 radical (unpaired) electrons. The van der Waals surface area contributed by atoms with Gasteiger partial charge < -0.3 is 9.47 Å². The molecule has 154 valence electrons. The van der Waals surface area contributed by atoms with Gasteiger partial charge in [-0.2, -0.15) is 0 Å². The molecule has 1 heterocycles. The van der Waals surface area contributed by atoms with Crippen molar-refractivity contribution in [2.75, 3.05) is 20.2 Å². The van der Waals surface area contributed by atoms with Crippen molar-refractivity contribution in [1.29, 1.82) is 0 Å². The number of likely N-dealkylation sites (tertiary alicyclic amines) is 1. The summed E-state index contributed by atoms with van der Waals surface area (Å²) in [6.07, 6.45) is 5.91. The first-order valence-electron chi connectivity index (χ1n) is 10.8. The minimum absolute atomic E-state index is 0.0690. The van der Waals surface area contributed by atoms with E-state index < -0.39 is 0 Å². The molecule has 0 N–H and O–H groups in total. The maximum atomic E-state index is 12.7. The highest BCUT2D eigenvalue weighted by atomic mass is 79.9. The van der Waals surface area contributed by atoms with Crippen LogP contribution in [0.2, 0.25) is 0 Å². The van der Waals surface area contributed by atoms with Crippen LogP contribution in [0.5, 0.6) is 11.5 Å². The molecule has 3 saturated carbocycles. The Morgan fingerprint density at radius 2 is 2.07 bits per heavy atom. The zero-order chi connectivity index (χ0) is 20.1. The number of rotatable bonds is 4. The summed E-state index contributed by atoms with van der Waals surface area (Å²) in [6.45, 7) is 3.69. The van der Waals surface area contributed by atoms with Crippen LogP contribution in [0.4, 0.5) is 0 Å². The van der Waals surface area contributed by atoms with Gasteiger partial charge >= 0.3 is 5.97 Å². The third-order valence-electron chi connectivity index (χ3n) is 8.26. The fourth-order valence-corrected chi connectivity index (χ4v) is 8.23. The molecule has 2 bridgehead atoms. The van der Waals surface area contributed by atoms with Crippen LogP contribution in [0.3, 0.4) is 0 Å². The number of hydrogen-bond acceptors (Lipinski definition) is 5. The molecular weight excluding hydrogens is 434 g/mol. The number of fused-ring (bicyclic) bond motifs is 2. The largest absolute Gasteiger partial charge is 0.493 e. The third-order valence-corrected chi connectivity index (χ3v) is 8.89. The third kappa shape index (κ3) is 2.25. The molecule has 2 spiro atoms. The Morgan fingerprint density at radius 3 is 2.76 bits per heavy atom. The van der Waals surface area contributed by atoms with Gasteiger partial charge in [-0.05, 0) is 49.1 Å². The molecule has 4 fully saturated rings. The quantitative estimate of drug-likeness (QED) is 0.506. The van der Waals surface area contributed by atoms with Crippen LogP contribution in [0.15, 0.2) is 10.5 Å². The summed E-state index contributed by atoms with van der Waals surface area (Å²) in [5, 5.41) is 0. The van der Waals surface area contributed by atoms with E-state index in [2.05, 4.69) is 20.8 Å². The molecule has 0 aromatic heterocycles. The van der Waals surface area contributed by atoms with Crippen LogP contribution < -0.4 is 9.47 Å². The molecule has 1 saturated heterocycles. The second-order valence-electron chi connectivity index (χ2n) is 9.90. The van der Waals surface area contributed by atoms with E-state index in [0.717, 1.165) is 35.3 Å². The van der Waals surface area contributed by atoms with Crippen molar-refractivity contribution < 1.29 is 19.1 Å². The number of benzene rings is 1. The normalized spacial score (nSPS) is 36.9. The minimum Gasteiger partial charge on any atom is -0.493 e. The molecular formula is C23H26BrNO4. The van der Waals surface area contributed by atoms with Gasteiger partial charge in [-0.15, -0.1) is 0 Å². The van der Waals surface area contributed by atoms with Crippen molar-refractivity contribution in [3.05, 3.63) is 21.7 Å². The van der Waals surface area contributed by atoms with Gasteiger partial charge in [0, 0.05) is 59.8 Å². The average Bonchev–Trinajstić information content (AvgIpc) is 3.37. The summed E-state index contributed by atoms with van der Waals surface area (Å²) in [5.41, 5.74) is 2.20. The Hall–Kier alpha value is -1.40. The minimum atomic E-state index is -0.344. The smallest absolute Gasteiger partial charge is 0.308 e. The maximum Gasteiger partial charge on any atom is 0.308 e. The van der Waals surface area contributed by atoms with Crippen LogP contribution in [0.1, 0.15) is 56.6 Å². The lowest BCUT2D eigenvalue weighted by Gasteiger charge is -2.59. The fourth-order valence-electron chi connectivity index (χ4n) is 7.43. The van der Waals surface area contributed by atoms with Crippen LogP contribution in [0, 0.1) is 11.8 Å². The average molecular weight is 460 g/mol. The highest BCUT2D eigenvalue weighted by Gasteiger charge is 2.76. The van der Waals surface area contributed by atoms with Crippen molar-refractivity contribution in [2.24, 2.45) is 11.8 Å². The van der Waals surface area contributed by atoms with Crippen molar-refractivity contribution in [3.8, 4) is 11.5 Å². The Morgan fingerprint density at radius 1 is 1.28 bits per heavy atom. The first-order valence-corrected chi connectivity index (χ1v) is 11.5. The van der Waals surface area contributed by atoms with Gasteiger partial charge in [0.05, 0.1) is 7.11 Å². The van der Waals surface area contributed by atoms with Gasteiger partial charge in [0.15, 0.2) is 11.5 Å². The monoisotopic (exact) mass is 459 g/mol. The maximum absolute atomic E-state index is 12.7. The number of carbonyl (C=O) groups is 2. The molecule has 29 heavy (non-hydrogen) atoms. The number of nitrogens with zero attached hydrogens (tertiary/aromatic N) is 1. The van der Waals surface area contributed by atoms with Crippen LogP contribution >= 0.6 is 15.9 Å². The van der Waals surface area contributed by atoms with E-state index in [1.54, 1.807) is 7.11 Å². The van der Waals surface area contributed by atoms with E-state index in [4.69, 9.17) is 9.47 Å². The molecule has 0 amide bonds. The number of ether oxygens (including phenoxy) is 2. The molecule has 3 unspecified atom stereocenters. The van der Waals surface area contributed by atoms with Gasteiger partial charge in [0.25, 0.3) is 0 Å². The van der Waals surface area contributed by atoms with E-state index in [1.807, 2.05) is 6.07 Å². The standard InChI is InChI=1S/C23H26BrNO4/c1-12(26)29-20-17(28-2)7-16(24)18-19(20)22-8-14(27)5-6-15(22)21-23(18,10-22)11-25(21)9-13-3-4-13/h7,13,15,21H,3-6,8-11H2,1-2H3/t15?,21?,22-,23?/m0/s1.